The fourth-order valence-electron chi connectivity index (χ4n) is 1.37. The number of aryl methyl sites for hydroxylation is 2. The fraction of sp³-hybridized carbons (Fsp3) is 0.400. The molecule has 0 aliphatic rings. The molecule has 0 radical (unpaired) electrons. The van der Waals surface area contributed by atoms with Crippen LogP contribution in [0.15, 0.2) is 12.4 Å². The largest absolute Gasteiger partial charge is 0.481 e. The Hall–Kier alpha value is -2.18. The van der Waals surface area contributed by atoms with Gasteiger partial charge in [-0.3, -0.25) is 0 Å². The van der Waals surface area contributed by atoms with Gasteiger partial charge in [0.05, 0.1) is 13.7 Å². The normalized spacial score (nSPS) is 10.3. The third kappa shape index (κ3) is 2.68. The molecule has 0 fully saturated rings. The van der Waals surface area contributed by atoms with E-state index in [9.17, 15) is 0 Å². The van der Waals surface area contributed by atoms with Crippen molar-refractivity contribution in [3.63, 3.8) is 0 Å². The second kappa shape index (κ2) is 4.77. The molecule has 2 heterocycles. The van der Waals surface area contributed by atoms with Crippen molar-refractivity contribution in [1.82, 2.24) is 24.7 Å². The van der Waals surface area contributed by atoms with Gasteiger partial charge in [0.1, 0.15) is 18.0 Å². The number of hydrogen-bond donors (Lipinski definition) is 1. The molecule has 0 aliphatic carbocycles. The molecule has 0 saturated carbocycles. The molecule has 0 bridgehead atoms. The lowest BCUT2D eigenvalue weighted by Crippen LogP contribution is -2.08. The number of nitrogens with zero attached hydrogens (tertiary/aromatic N) is 5. The van der Waals surface area contributed by atoms with Crippen LogP contribution in [-0.2, 0) is 13.6 Å². The molecule has 2 aromatic heterocycles. The molecule has 0 aromatic carbocycles. The van der Waals surface area contributed by atoms with Crippen LogP contribution in [0.1, 0.15) is 11.6 Å². The molecule has 90 valence electrons. The van der Waals surface area contributed by atoms with Gasteiger partial charge in [-0.05, 0) is 6.92 Å². The Morgan fingerprint density at radius 3 is 2.88 bits per heavy atom. The Labute approximate surface area is 98.9 Å². The quantitative estimate of drug-likeness (QED) is 0.831. The monoisotopic (exact) mass is 234 g/mol. The zero-order valence-electron chi connectivity index (χ0n) is 10.0. The number of anilines is 1. The lowest BCUT2D eigenvalue weighted by Gasteiger charge is -2.07. The average molecular weight is 234 g/mol. The fourth-order valence-corrected chi connectivity index (χ4v) is 1.37. The Morgan fingerprint density at radius 1 is 1.41 bits per heavy atom. The highest BCUT2D eigenvalue weighted by molar-refractivity contribution is 5.38. The van der Waals surface area contributed by atoms with E-state index >= 15 is 0 Å². The van der Waals surface area contributed by atoms with E-state index in [1.54, 1.807) is 19.5 Å². The maximum absolute atomic E-state index is 5.07. The predicted octanol–water partition coefficient (Wildman–Crippen LogP) is 0.534. The molecule has 0 saturated heterocycles. The van der Waals surface area contributed by atoms with Gasteiger partial charge in [-0.25, -0.2) is 4.98 Å². The molecule has 7 heteroatoms. The van der Waals surface area contributed by atoms with Crippen LogP contribution in [0.4, 0.5) is 5.82 Å². The molecular formula is C10H14N6O. The van der Waals surface area contributed by atoms with Crippen molar-refractivity contribution >= 4 is 5.82 Å². The summed E-state index contributed by atoms with van der Waals surface area (Å²) < 4.78 is 6.92. The van der Waals surface area contributed by atoms with E-state index in [0.29, 0.717) is 24.1 Å². The third-order valence-electron chi connectivity index (χ3n) is 2.26. The van der Waals surface area contributed by atoms with E-state index in [0.717, 1.165) is 5.82 Å². The molecule has 17 heavy (non-hydrogen) atoms. The zero-order chi connectivity index (χ0) is 12.3. The minimum Gasteiger partial charge on any atom is -0.481 e. The maximum atomic E-state index is 5.07. The van der Waals surface area contributed by atoms with Gasteiger partial charge in [0.2, 0.25) is 5.88 Å². The van der Waals surface area contributed by atoms with Crippen molar-refractivity contribution < 1.29 is 4.74 Å². The third-order valence-corrected chi connectivity index (χ3v) is 2.26. The maximum Gasteiger partial charge on any atom is 0.218 e. The number of hydrogen-bond acceptors (Lipinski definition) is 6. The van der Waals surface area contributed by atoms with Crippen LogP contribution in [0, 0.1) is 6.92 Å². The molecule has 0 atom stereocenters. The standard InChI is InChI=1S/C10H14N6O/c1-7-13-8(4-10(14-7)17-3)11-5-9-15-12-6-16(9)2/h4,6H,5H2,1-3H3,(H,11,13,14). The second-order valence-electron chi connectivity index (χ2n) is 3.55. The highest BCUT2D eigenvalue weighted by atomic mass is 16.5. The van der Waals surface area contributed by atoms with E-state index < -0.39 is 0 Å². The molecule has 2 rings (SSSR count). The summed E-state index contributed by atoms with van der Waals surface area (Å²) in [6.07, 6.45) is 1.66. The highest BCUT2D eigenvalue weighted by Gasteiger charge is 2.04. The van der Waals surface area contributed by atoms with Gasteiger partial charge in [-0.1, -0.05) is 0 Å². The molecule has 0 spiro atoms. The van der Waals surface area contributed by atoms with E-state index in [1.807, 2.05) is 18.5 Å². The topological polar surface area (TPSA) is 77.8 Å². The minimum atomic E-state index is 0.540. The summed E-state index contributed by atoms with van der Waals surface area (Å²) >= 11 is 0. The number of rotatable bonds is 4. The van der Waals surface area contributed by atoms with E-state index in [2.05, 4.69) is 25.5 Å². The summed E-state index contributed by atoms with van der Waals surface area (Å²) in [5, 5.41) is 10.9. The Morgan fingerprint density at radius 2 is 2.24 bits per heavy atom. The first-order valence-electron chi connectivity index (χ1n) is 5.15. The van der Waals surface area contributed by atoms with Crippen LogP contribution in [0.3, 0.4) is 0 Å². The first kappa shape index (κ1) is 11.3. The predicted molar refractivity (Wildman–Crippen MR) is 61.7 cm³/mol. The van der Waals surface area contributed by atoms with Gasteiger partial charge in [0.25, 0.3) is 0 Å². The molecule has 0 amide bonds. The van der Waals surface area contributed by atoms with Crippen molar-refractivity contribution in [2.24, 2.45) is 7.05 Å². The van der Waals surface area contributed by atoms with Crippen LogP contribution in [-0.4, -0.2) is 31.8 Å². The first-order chi connectivity index (χ1) is 8.19. The summed E-state index contributed by atoms with van der Waals surface area (Å²) in [4.78, 5) is 8.36. The van der Waals surface area contributed by atoms with Gasteiger partial charge >= 0.3 is 0 Å². The summed E-state index contributed by atoms with van der Waals surface area (Å²) in [6, 6.07) is 1.74. The van der Waals surface area contributed by atoms with E-state index in [-0.39, 0.29) is 0 Å². The van der Waals surface area contributed by atoms with Gasteiger partial charge in [-0.2, -0.15) is 4.98 Å². The Bertz CT molecular complexity index is 509. The number of methoxy groups -OCH3 is 1. The van der Waals surface area contributed by atoms with Crippen LogP contribution in [0.5, 0.6) is 5.88 Å². The molecule has 2 aromatic rings. The van der Waals surface area contributed by atoms with Crippen LogP contribution < -0.4 is 10.1 Å². The summed E-state index contributed by atoms with van der Waals surface area (Å²) in [5.41, 5.74) is 0. The second-order valence-corrected chi connectivity index (χ2v) is 3.55. The number of nitrogens with one attached hydrogen (secondary N) is 1. The molecular weight excluding hydrogens is 220 g/mol. The van der Waals surface area contributed by atoms with Crippen molar-refractivity contribution in [3.05, 3.63) is 24.0 Å². The lowest BCUT2D eigenvalue weighted by atomic mass is 10.5. The SMILES string of the molecule is COc1cc(NCc2nncn2C)nc(C)n1. The Kier molecular flexibility index (Phi) is 3.17. The van der Waals surface area contributed by atoms with Crippen LogP contribution in [0.2, 0.25) is 0 Å². The Balaban J connectivity index is 2.09. The zero-order valence-corrected chi connectivity index (χ0v) is 10.0. The number of ether oxygens (including phenoxy) is 1. The minimum absolute atomic E-state index is 0.540. The highest BCUT2D eigenvalue weighted by Crippen LogP contribution is 2.13. The summed E-state index contributed by atoms with van der Waals surface area (Å²) in [5.74, 6) is 2.74. The van der Waals surface area contributed by atoms with Gasteiger partial charge in [0, 0.05) is 13.1 Å². The molecule has 1 N–H and O–H groups in total. The smallest absolute Gasteiger partial charge is 0.218 e. The van der Waals surface area contributed by atoms with Gasteiger partial charge in [-0.15, -0.1) is 10.2 Å². The van der Waals surface area contributed by atoms with E-state index in [4.69, 9.17) is 4.74 Å². The van der Waals surface area contributed by atoms with Crippen molar-refractivity contribution in [2.45, 2.75) is 13.5 Å². The molecule has 7 nitrogen and oxygen atoms in total. The van der Waals surface area contributed by atoms with Crippen molar-refractivity contribution in [1.29, 1.82) is 0 Å². The number of aromatic nitrogens is 5. The van der Waals surface area contributed by atoms with Crippen LogP contribution >= 0.6 is 0 Å². The van der Waals surface area contributed by atoms with E-state index in [1.165, 1.54) is 0 Å². The first-order valence-corrected chi connectivity index (χ1v) is 5.15. The average Bonchev–Trinajstić information content (AvgIpc) is 2.71. The van der Waals surface area contributed by atoms with Crippen molar-refractivity contribution in [2.75, 3.05) is 12.4 Å². The summed E-state index contributed by atoms with van der Waals surface area (Å²) in [6.45, 7) is 2.37. The summed E-state index contributed by atoms with van der Waals surface area (Å²) in [7, 11) is 3.47. The molecule has 0 unspecified atom stereocenters. The van der Waals surface area contributed by atoms with Crippen LogP contribution in [0.25, 0.3) is 0 Å². The molecule has 0 aliphatic heterocycles. The van der Waals surface area contributed by atoms with Gasteiger partial charge in [0.15, 0.2) is 5.82 Å². The van der Waals surface area contributed by atoms with Gasteiger partial charge < -0.3 is 14.6 Å². The van der Waals surface area contributed by atoms with Crippen molar-refractivity contribution in [3.8, 4) is 5.88 Å². The lowest BCUT2D eigenvalue weighted by molar-refractivity contribution is 0.396.